The van der Waals surface area contributed by atoms with E-state index in [2.05, 4.69) is 31.2 Å². The van der Waals surface area contributed by atoms with Gasteiger partial charge in [-0.3, -0.25) is 0 Å². The van der Waals surface area contributed by atoms with Crippen molar-refractivity contribution in [2.45, 2.75) is 24.3 Å². The van der Waals surface area contributed by atoms with Crippen LogP contribution in [0.1, 0.15) is 11.1 Å². The molecule has 0 aliphatic rings. The zero-order valence-electron chi connectivity index (χ0n) is 9.80. The second-order valence-corrected chi connectivity index (χ2v) is 5.21. The van der Waals surface area contributed by atoms with Crippen LogP contribution >= 0.6 is 11.8 Å². The largest absolute Gasteiger partial charge is 0.472 e. The van der Waals surface area contributed by atoms with E-state index in [1.165, 1.54) is 10.5 Å². The summed E-state index contributed by atoms with van der Waals surface area (Å²) in [5.74, 6) is 0.703. The van der Waals surface area contributed by atoms with Crippen molar-refractivity contribution < 1.29 is 9.52 Å². The van der Waals surface area contributed by atoms with Crippen LogP contribution in [0.15, 0.2) is 52.2 Å². The van der Waals surface area contributed by atoms with Crippen LogP contribution in [-0.4, -0.2) is 17.0 Å². The zero-order chi connectivity index (χ0) is 12.1. The van der Waals surface area contributed by atoms with Crippen molar-refractivity contribution in [3.05, 3.63) is 54.0 Å². The average Bonchev–Trinajstić information content (AvgIpc) is 2.81. The monoisotopic (exact) mass is 248 g/mol. The van der Waals surface area contributed by atoms with Gasteiger partial charge in [-0.05, 0) is 30.7 Å². The van der Waals surface area contributed by atoms with Gasteiger partial charge in [0.05, 0.1) is 18.6 Å². The molecule has 0 radical (unpaired) electrons. The van der Waals surface area contributed by atoms with Gasteiger partial charge in [-0.15, -0.1) is 11.8 Å². The van der Waals surface area contributed by atoms with E-state index in [4.69, 9.17) is 4.42 Å². The summed E-state index contributed by atoms with van der Waals surface area (Å²) in [5.41, 5.74) is 2.30. The maximum atomic E-state index is 9.87. The lowest BCUT2D eigenvalue weighted by Gasteiger charge is -2.08. The van der Waals surface area contributed by atoms with Crippen LogP contribution < -0.4 is 0 Å². The van der Waals surface area contributed by atoms with Gasteiger partial charge in [0.15, 0.2) is 0 Å². The highest BCUT2D eigenvalue weighted by atomic mass is 32.2. The van der Waals surface area contributed by atoms with E-state index >= 15 is 0 Å². The molecule has 1 atom stereocenters. The molecule has 2 rings (SSSR count). The first-order valence-corrected chi connectivity index (χ1v) is 6.61. The summed E-state index contributed by atoms with van der Waals surface area (Å²) in [7, 11) is 0. The molecule has 1 aromatic carbocycles. The molecule has 0 saturated carbocycles. The Morgan fingerprint density at radius 3 is 2.65 bits per heavy atom. The maximum absolute atomic E-state index is 9.87. The van der Waals surface area contributed by atoms with Crippen LogP contribution in [0.3, 0.4) is 0 Å². The highest BCUT2D eigenvalue weighted by Crippen LogP contribution is 2.20. The molecule has 0 spiro atoms. The third kappa shape index (κ3) is 3.95. The number of hydrogen-bond donors (Lipinski definition) is 1. The molecule has 2 nitrogen and oxygen atoms in total. The Kier molecular flexibility index (Phi) is 4.29. The predicted molar refractivity (Wildman–Crippen MR) is 70.3 cm³/mol. The van der Waals surface area contributed by atoms with Gasteiger partial charge >= 0.3 is 0 Å². The van der Waals surface area contributed by atoms with E-state index in [1.54, 1.807) is 24.3 Å². The number of thioether (sulfide) groups is 1. The highest BCUT2D eigenvalue weighted by molar-refractivity contribution is 7.99. The fraction of sp³-hybridized carbons (Fsp3) is 0.286. The molecule has 2 aromatic rings. The third-order valence-electron chi connectivity index (χ3n) is 2.51. The number of aliphatic hydroxyl groups excluding tert-OH is 1. The molecule has 1 unspecified atom stereocenters. The second kappa shape index (κ2) is 5.94. The summed E-state index contributed by atoms with van der Waals surface area (Å²) in [4.78, 5) is 1.20. The normalized spacial score (nSPS) is 12.6. The molecule has 0 aliphatic carbocycles. The van der Waals surface area contributed by atoms with Gasteiger partial charge in [0.25, 0.3) is 0 Å². The van der Waals surface area contributed by atoms with Crippen molar-refractivity contribution in [1.82, 2.24) is 0 Å². The van der Waals surface area contributed by atoms with E-state index in [1.807, 2.05) is 6.07 Å². The summed E-state index contributed by atoms with van der Waals surface area (Å²) in [6.45, 7) is 2.07. The first-order chi connectivity index (χ1) is 8.24. The van der Waals surface area contributed by atoms with Crippen molar-refractivity contribution in [3.8, 4) is 0 Å². The quantitative estimate of drug-likeness (QED) is 0.824. The van der Waals surface area contributed by atoms with E-state index in [9.17, 15) is 5.11 Å². The van der Waals surface area contributed by atoms with Crippen molar-refractivity contribution >= 4 is 11.8 Å². The smallest absolute Gasteiger partial charge is 0.0935 e. The number of benzene rings is 1. The van der Waals surface area contributed by atoms with E-state index in [0.717, 1.165) is 5.56 Å². The lowest BCUT2D eigenvalue weighted by Crippen LogP contribution is -2.12. The maximum Gasteiger partial charge on any atom is 0.0935 e. The lowest BCUT2D eigenvalue weighted by molar-refractivity contribution is 0.200. The van der Waals surface area contributed by atoms with Gasteiger partial charge in [0.1, 0.15) is 0 Å². The Bertz CT molecular complexity index is 434. The number of rotatable bonds is 5. The SMILES string of the molecule is Cc1ccc(SCC(O)Cc2ccoc2)cc1. The second-order valence-electron chi connectivity index (χ2n) is 4.11. The molecule has 1 aromatic heterocycles. The Morgan fingerprint density at radius 1 is 1.24 bits per heavy atom. The number of aryl methyl sites for hydroxylation is 1. The molecule has 90 valence electrons. The number of furan rings is 1. The highest BCUT2D eigenvalue weighted by Gasteiger charge is 2.07. The molecule has 0 saturated heterocycles. The fourth-order valence-electron chi connectivity index (χ4n) is 1.57. The molecule has 3 heteroatoms. The summed E-state index contributed by atoms with van der Waals surface area (Å²) in [6, 6.07) is 10.2. The van der Waals surface area contributed by atoms with Crippen molar-refractivity contribution in [2.24, 2.45) is 0 Å². The third-order valence-corrected chi connectivity index (χ3v) is 3.67. The first-order valence-electron chi connectivity index (χ1n) is 5.62. The minimum Gasteiger partial charge on any atom is -0.472 e. The van der Waals surface area contributed by atoms with Crippen molar-refractivity contribution in [1.29, 1.82) is 0 Å². The van der Waals surface area contributed by atoms with Crippen LogP contribution in [-0.2, 0) is 6.42 Å². The summed E-state index contributed by atoms with van der Waals surface area (Å²) < 4.78 is 4.97. The van der Waals surface area contributed by atoms with Gasteiger partial charge in [0, 0.05) is 17.1 Å². The summed E-state index contributed by atoms with van der Waals surface area (Å²) in [6.07, 6.45) is 3.63. The van der Waals surface area contributed by atoms with E-state index < -0.39 is 0 Å². The van der Waals surface area contributed by atoms with Crippen LogP contribution in [0.4, 0.5) is 0 Å². The van der Waals surface area contributed by atoms with Crippen LogP contribution in [0.2, 0.25) is 0 Å². The first kappa shape index (κ1) is 12.3. The molecule has 17 heavy (non-hydrogen) atoms. The Labute approximate surface area is 106 Å². The van der Waals surface area contributed by atoms with Crippen molar-refractivity contribution in [2.75, 3.05) is 5.75 Å². The Morgan fingerprint density at radius 2 is 2.00 bits per heavy atom. The minimum atomic E-state index is -0.334. The number of hydrogen-bond acceptors (Lipinski definition) is 3. The Balaban J connectivity index is 1.79. The van der Waals surface area contributed by atoms with Crippen molar-refractivity contribution in [3.63, 3.8) is 0 Å². The van der Waals surface area contributed by atoms with Crippen LogP contribution in [0, 0.1) is 6.92 Å². The lowest BCUT2D eigenvalue weighted by atomic mass is 10.2. The van der Waals surface area contributed by atoms with E-state index in [0.29, 0.717) is 12.2 Å². The average molecular weight is 248 g/mol. The van der Waals surface area contributed by atoms with Gasteiger partial charge in [-0.25, -0.2) is 0 Å². The van der Waals surface area contributed by atoms with Gasteiger partial charge in [-0.2, -0.15) is 0 Å². The van der Waals surface area contributed by atoms with E-state index in [-0.39, 0.29) is 6.10 Å². The zero-order valence-corrected chi connectivity index (χ0v) is 10.6. The van der Waals surface area contributed by atoms with Crippen LogP contribution in [0.5, 0.6) is 0 Å². The molecule has 1 N–H and O–H groups in total. The van der Waals surface area contributed by atoms with Crippen LogP contribution in [0.25, 0.3) is 0 Å². The summed E-state index contributed by atoms with van der Waals surface area (Å²) >= 11 is 1.68. The standard InChI is InChI=1S/C14H16O2S/c1-11-2-4-14(5-3-11)17-10-13(15)8-12-6-7-16-9-12/h2-7,9,13,15H,8,10H2,1H3. The van der Waals surface area contributed by atoms with Gasteiger partial charge in [-0.1, -0.05) is 17.7 Å². The predicted octanol–water partition coefficient (Wildman–Crippen LogP) is 3.28. The molecule has 0 amide bonds. The molecule has 0 bridgehead atoms. The molecule has 0 aliphatic heterocycles. The fourth-order valence-corrected chi connectivity index (χ4v) is 2.40. The topological polar surface area (TPSA) is 33.4 Å². The minimum absolute atomic E-state index is 0.334. The van der Waals surface area contributed by atoms with Gasteiger partial charge in [0.2, 0.25) is 0 Å². The van der Waals surface area contributed by atoms with Gasteiger partial charge < -0.3 is 9.52 Å². The molecular formula is C14H16O2S. The molecule has 1 heterocycles. The summed E-state index contributed by atoms with van der Waals surface area (Å²) in [5, 5.41) is 9.87. The molecule has 0 fully saturated rings. The molecular weight excluding hydrogens is 232 g/mol. The number of aliphatic hydroxyl groups is 1. The Hall–Kier alpha value is -1.19.